The van der Waals surface area contributed by atoms with Crippen LogP contribution in [0.3, 0.4) is 0 Å². The van der Waals surface area contributed by atoms with Crippen molar-refractivity contribution in [3.8, 4) is 0 Å². The van der Waals surface area contributed by atoms with Gasteiger partial charge in [0.25, 0.3) is 0 Å². The van der Waals surface area contributed by atoms with Gasteiger partial charge in [-0.3, -0.25) is 0 Å². The minimum atomic E-state index is -0.0598. The number of hydrogen-bond donors (Lipinski definition) is 1. The van der Waals surface area contributed by atoms with Gasteiger partial charge in [-0.2, -0.15) is 0 Å². The third-order valence-corrected chi connectivity index (χ3v) is 4.80. The minimum Gasteiger partial charge on any atom is -0.374 e. The summed E-state index contributed by atoms with van der Waals surface area (Å²) < 4.78 is 6.00. The van der Waals surface area contributed by atoms with E-state index in [0.29, 0.717) is 6.04 Å². The van der Waals surface area contributed by atoms with Gasteiger partial charge in [0.15, 0.2) is 0 Å². The van der Waals surface area contributed by atoms with E-state index >= 15 is 0 Å². The topological polar surface area (TPSA) is 21.3 Å². The molecular weight excluding hydrogens is 222 g/mol. The van der Waals surface area contributed by atoms with E-state index in [1.165, 1.54) is 19.3 Å². The first-order valence-corrected chi connectivity index (χ1v) is 7.79. The molecule has 1 rings (SSSR count). The standard InChI is InChI=1S/C16H33NO/c1-7-17-15(16(5,6)18-8-2)14-10-9-12(3)13(4)11-14/h12-15,17H,7-11H2,1-6H3. The predicted octanol–water partition coefficient (Wildman–Crippen LogP) is 3.85. The van der Waals surface area contributed by atoms with Crippen molar-refractivity contribution >= 4 is 0 Å². The zero-order valence-corrected chi connectivity index (χ0v) is 13.3. The minimum absolute atomic E-state index is 0.0598. The number of ether oxygens (including phenoxy) is 1. The molecule has 0 radical (unpaired) electrons. The Morgan fingerprint density at radius 2 is 1.83 bits per heavy atom. The monoisotopic (exact) mass is 255 g/mol. The van der Waals surface area contributed by atoms with Gasteiger partial charge >= 0.3 is 0 Å². The first-order valence-electron chi connectivity index (χ1n) is 7.79. The van der Waals surface area contributed by atoms with E-state index in [4.69, 9.17) is 4.74 Å². The van der Waals surface area contributed by atoms with Gasteiger partial charge in [0.05, 0.1) is 5.60 Å². The SMILES string of the molecule is CCNC(C1CCC(C)C(C)C1)C(C)(C)OCC. The normalized spacial score (nSPS) is 31.3. The van der Waals surface area contributed by atoms with Gasteiger partial charge in [-0.25, -0.2) is 0 Å². The molecule has 1 aliphatic carbocycles. The van der Waals surface area contributed by atoms with Crippen LogP contribution in [-0.2, 0) is 4.74 Å². The highest BCUT2D eigenvalue weighted by molar-refractivity contribution is 4.93. The maximum atomic E-state index is 6.00. The summed E-state index contributed by atoms with van der Waals surface area (Å²) in [6.07, 6.45) is 4.06. The lowest BCUT2D eigenvalue weighted by molar-refractivity contribution is -0.0610. The van der Waals surface area contributed by atoms with Gasteiger partial charge < -0.3 is 10.1 Å². The van der Waals surface area contributed by atoms with Crippen molar-refractivity contribution in [2.24, 2.45) is 17.8 Å². The van der Waals surface area contributed by atoms with Crippen molar-refractivity contribution in [1.82, 2.24) is 5.32 Å². The third-order valence-electron chi connectivity index (χ3n) is 4.80. The van der Waals surface area contributed by atoms with E-state index in [1.54, 1.807) is 0 Å². The van der Waals surface area contributed by atoms with Gasteiger partial charge in [0.1, 0.15) is 0 Å². The molecule has 0 heterocycles. The van der Waals surface area contributed by atoms with E-state index in [0.717, 1.165) is 30.9 Å². The highest BCUT2D eigenvalue weighted by atomic mass is 16.5. The Labute approximate surface area is 114 Å². The van der Waals surface area contributed by atoms with Crippen LogP contribution in [0.1, 0.15) is 60.8 Å². The zero-order chi connectivity index (χ0) is 13.8. The van der Waals surface area contributed by atoms with E-state index in [1.807, 2.05) is 0 Å². The van der Waals surface area contributed by atoms with Crippen molar-refractivity contribution in [3.05, 3.63) is 0 Å². The Balaban J connectivity index is 2.72. The van der Waals surface area contributed by atoms with Crippen LogP contribution in [0.15, 0.2) is 0 Å². The molecule has 108 valence electrons. The van der Waals surface area contributed by atoms with Crippen LogP contribution >= 0.6 is 0 Å². The van der Waals surface area contributed by atoms with Crippen LogP contribution in [0.25, 0.3) is 0 Å². The van der Waals surface area contributed by atoms with Crippen LogP contribution in [0, 0.1) is 17.8 Å². The van der Waals surface area contributed by atoms with E-state index in [9.17, 15) is 0 Å². The average molecular weight is 255 g/mol. The summed E-state index contributed by atoms with van der Waals surface area (Å²) in [4.78, 5) is 0. The Kier molecular flexibility index (Phi) is 6.13. The van der Waals surface area contributed by atoms with E-state index in [2.05, 4.69) is 46.9 Å². The summed E-state index contributed by atoms with van der Waals surface area (Å²) in [5.41, 5.74) is -0.0598. The molecule has 0 bridgehead atoms. The molecule has 2 nitrogen and oxygen atoms in total. The molecule has 4 atom stereocenters. The summed E-state index contributed by atoms with van der Waals surface area (Å²) >= 11 is 0. The number of likely N-dealkylation sites (N-methyl/N-ethyl adjacent to an activating group) is 1. The fourth-order valence-corrected chi connectivity index (χ4v) is 3.55. The van der Waals surface area contributed by atoms with Crippen LogP contribution in [0.2, 0.25) is 0 Å². The third kappa shape index (κ3) is 3.96. The van der Waals surface area contributed by atoms with Crippen LogP contribution in [-0.4, -0.2) is 24.8 Å². The Hall–Kier alpha value is -0.0800. The molecule has 0 aliphatic heterocycles. The highest BCUT2D eigenvalue weighted by Gasteiger charge is 2.38. The lowest BCUT2D eigenvalue weighted by Crippen LogP contribution is -2.54. The lowest BCUT2D eigenvalue weighted by Gasteiger charge is -2.44. The quantitative estimate of drug-likeness (QED) is 0.778. The van der Waals surface area contributed by atoms with Gasteiger partial charge in [-0.05, 0) is 57.9 Å². The van der Waals surface area contributed by atoms with Crippen LogP contribution in [0.5, 0.6) is 0 Å². The van der Waals surface area contributed by atoms with Crippen LogP contribution in [0.4, 0.5) is 0 Å². The Bertz CT molecular complexity index is 239. The molecular formula is C16H33NO. The molecule has 2 heteroatoms. The second kappa shape index (κ2) is 6.91. The summed E-state index contributed by atoms with van der Waals surface area (Å²) in [5, 5.41) is 3.69. The second-order valence-electron chi connectivity index (χ2n) is 6.60. The summed E-state index contributed by atoms with van der Waals surface area (Å²) in [7, 11) is 0. The van der Waals surface area contributed by atoms with Crippen LogP contribution < -0.4 is 5.32 Å². The molecule has 0 aromatic rings. The molecule has 4 unspecified atom stereocenters. The predicted molar refractivity (Wildman–Crippen MR) is 78.8 cm³/mol. The fraction of sp³-hybridized carbons (Fsp3) is 1.00. The van der Waals surface area contributed by atoms with Crippen molar-refractivity contribution in [2.45, 2.75) is 72.4 Å². The van der Waals surface area contributed by atoms with Crippen molar-refractivity contribution in [3.63, 3.8) is 0 Å². The summed E-state index contributed by atoms with van der Waals surface area (Å²) in [5.74, 6) is 2.50. The molecule has 0 aromatic heterocycles. The second-order valence-corrected chi connectivity index (χ2v) is 6.60. The van der Waals surface area contributed by atoms with Crippen molar-refractivity contribution < 1.29 is 4.74 Å². The Morgan fingerprint density at radius 1 is 1.17 bits per heavy atom. The first-order chi connectivity index (χ1) is 8.42. The zero-order valence-electron chi connectivity index (χ0n) is 13.3. The number of rotatable bonds is 6. The summed E-state index contributed by atoms with van der Waals surface area (Å²) in [6.45, 7) is 15.4. The molecule has 0 saturated heterocycles. The molecule has 18 heavy (non-hydrogen) atoms. The van der Waals surface area contributed by atoms with Gasteiger partial charge in [-0.1, -0.05) is 27.2 Å². The van der Waals surface area contributed by atoms with Crippen molar-refractivity contribution in [2.75, 3.05) is 13.2 Å². The maximum Gasteiger partial charge on any atom is 0.0781 e. The lowest BCUT2D eigenvalue weighted by atomic mass is 9.70. The Morgan fingerprint density at radius 3 is 2.33 bits per heavy atom. The average Bonchev–Trinajstić information content (AvgIpc) is 2.29. The first kappa shape index (κ1) is 16.0. The van der Waals surface area contributed by atoms with E-state index in [-0.39, 0.29) is 5.60 Å². The van der Waals surface area contributed by atoms with Gasteiger partial charge in [0, 0.05) is 12.6 Å². The number of nitrogens with one attached hydrogen (secondary N) is 1. The smallest absolute Gasteiger partial charge is 0.0781 e. The van der Waals surface area contributed by atoms with Crippen molar-refractivity contribution in [1.29, 1.82) is 0 Å². The largest absolute Gasteiger partial charge is 0.374 e. The molecule has 0 aromatic carbocycles. The highest BCUT2D eigenvalue weighted by Crippen LogP contribution is 2.38. The van der Waals surface area contributed by atoms with Gasteiger partial charge in [-0.15, -0.1) is 0 Å². The maximum absolute atomic E-state index is 6.00. The molecule has 1 aliphatic rings. The molecule has 0 spiro atoms. The molecule has 1 fully saturated rings. The van der Waals surface area contributed by atoms with E-state index < -0.39 is 0 Å². The molecule has 1 N–H and O–H groups in total. The number of hydrogen-bond acceptors (Lipinski definition) is 2. The fourth-order valence-electron chi connectivity index (χ4n) is 3.55. The van der Waals surface area contributed by atoms with Gasteiger partial charge in [0.2, 0.25) is 0 Å². The molecule has 0 amide bonds. The summed E-state index contributed by atoms with van der Waals surface area (Å²) in [6, 6.07) is 0.484. The molecule has 1 saturated carbocycles.